The first kappa shape index (κ1) is 18.8. The van der Waals surface area contributed by atoms with Crippen molar-refractivity contribution >= 4 is 35.1 Å². The fourth-order valence-electron chi connectivity index (χ4n) is 2.15. The van der Waals surface area contributed by atoms with Gasteiger partial charge in [0, 0.05) is 18.2 Å². The lowest BCUT2D eigenvalue weighted by Crippen LogP contribution is -2.36. The number of carbonyl (C=O) groups excluding carboxylic acids is 2. The van der Waals surface area contributed by atoms with E-state index in [9.17, 15) is 9.59 Å². The summed E-state index contributed by atoms with van der Waals surface area (Å²) >= 11 is 11.8. The first-order chi connectivity index (χ1) is 11.5. The summed E-state index contributed by atoms with van der Waals surface area (Å²) in [6, 6.07) is 4.66. The van der Waals surface area contributed by atoms with Gasteiger partial charge < -0.3 is 19.5 Å². The van der Waals surface area contributed by atoms with Crippen LogP contribution >= 0.6 is 23.2 Å². The van der Waals surface area contributed by atoms with Crippen molar-refractivity contribution in [2.75, 3.05) is 19.8 Å². The van der Waals surface area contributed by atoms with Crippen LogP contribution in [0, 0.1) is 0 Å². The largest absolute Gasteiger partial charge is 0.477 e. The molecule has 0 bridgehead atoms. The molecule has 24 heavy (non-hydrogen) atoms. The molecule has 0 aliphatic carbocycles. The topological polar surface area (TPSA) is 73.9 Å². The van der Waals surface area contributed by atoms with E-state index in [-0.39, 0.29) is 23.6 Å². The second-order valence-corrected chi connectivity index (χ2v) is 6.23. The van der Waals surface area contributed by atoms with Crippen molar-refractivity contribution in [3.63, 3.8) is 0 Å². The molecule has 1 aromatic rings. The number of ether oxygens (including phenoxy) is 3. The van der Waals surface area contributed by atoms with Crippen LogP contribution in [0.4, 0.5) is 0 Å². The quantitative estimate of drug-likeness (QED) is 0.741. The van der Waals surface area contributed by atoms with Gasteiger partial charge in [0.2, 0.25) is 0 Å². The maximum atomic E-state index is 11.9. The van der Waals surface area contributed by atoms with Gasteiger partial charge in [-0.2, -0.15) is 0 Å². The zero-order valence-electron chi connectivity index (χ0n) is 13.2. The fraction of sp³-hybridized carbons (Fsp3) is 0.500. The Balaban J connectivity index is 1.71. The van der Waals surface area contributed by atoms with Gasteiger partial charge >= 0.3 is 5.97 Å². The van der Waals surface area contributed by atoms with Gasteiger partial charge in [-0.3, -0.25) is 4.79 Å². The summed E-state index contributed by atoms with van der Waals surface area (Å²) < 4.78 is 15.7. The molecule has 1 heterocycles. The molecule has 0 radical (unpaired) electrons. The zero-order chi connectivity index (χ0) is 17.5. The summed E-state index contributed by atoms with van der Waals surface area (Å²) in [5.41, 5.74) is 0. The number of carbonyl (C=O) groups is 2. The summed E-state index contributed by atoms with van der Waals surface area (Å²) in [5, 5.41) is 3.42. The lowest BCUT2D eigenvalue weighted by atomic mass is 10.2. The van der Waals surface area contributed by atoms with Gasteiger partial charge in [0.05, 0.1) is 11.1 Å². The van der Waals surface area contributed by atoms with Crippen molar-refractivity contribution in [2.45, 2.75) is 32.0 Å². The first-order valence-electron chi connectivity index (χ1n) is 7.62. The number of rotatable bonds is 7. The molecule has 1 fully saturated rings. The monoisotopic (exact) mass is 375 g/mol. The smallest absolute Gasteiger partial charge is 0.347 e. The van der Waals surface area contributed by atoms with Gasteiger partial charge in [-0.15, -0.1) is 0 Å². The van der Waals surface area contributed by atoms with Crippen molar-refractivity contribution in [2.24, 2.45) is 0 Å². The summed E-state index contributed by atoms with van der Waals surface area (Å²) in [7, 11) is 0. The van der Waals surface area contributed by atoms with Crippen LogP contribution in [0.2, 0.25) is 10.0 Å². The van der Waals surface area contributed by atoms with Gasteiger partial charge in [-0.05, 0) is 38.0 Å². The highest BCUT2D eigenvalue weighted by atomic mass is 35.5. The standard InChI is InChI=1S/C16H19Cl2NO5/c1-10(24-14-5-4-11(17)7-13(14)18)16(21)23-9-15(20)19-8-12-3-2-6-22-12/h4-5,7,10,12H,2-3,6,8-9H2,1H3,(H,19,20)/t10-,12+/m1/s1. The van der Waals surface area contributed by atoms with E-state index in [0.29, 0.717) is 17.3 Å². The fourth-order valence-corrected chi connectivity index (χ4v) is 2.60. The molecule has 1 amide bonds. The highest BCUT2D eigenvalue weighted by Gasteiger charge is 2.20. The number of esters is 1. The third kappa shape index (κ3) is 5.85. The van der Waals surface area contributed by atoms with Crippen LogP contribution in [-0.2, 0) is 19.1 Å². The Labute approximate surface area is 150 Å². The Bertz CT molecular complexity index is 590. The maximum Gasteiger partial charge on any atom is 0.347 e. The minimum absolute atomic E-state index is 0.0407. The van der Waals surface area contributed by atoms with E-state index in [2.05, 4.69) is 5.32 Å². The average Bonchev–Trinajstić information content (AvgIpc) is 3.06. The van der Waals surface area contributed by atoms with Crippen LogP contribution in [0.1, 0.15) is 19.8 Å². The average molecular weight is 376 g/mol. The van der Waals surface area contributed by atoms with E-state index in [1.165, 1.54) is 13.0 Å². The van der Waals surface area contributed by atoms with Crippen molar-refractivity contribution in [1.82, 2.24) is 5.32 Å². The van der Waals surface area contributed by atoms with Crippen molar-refractivity contribution < 1.29 is 23.8 Å². The lowest BCUT2D eigenvalue weighted by Gasteiger charge is -2.15. The summed E-state index contributed by atoms with van der Waals surface area (Å²) in [4.78, 5) is 23.5. The zero-order valence-corrected chi connectivity index (χ0v) is 14.7. The predicted molar refractivity (Wildman–Crippen MR) is 89.5 cm³/mol. The van der Waals surface area contributed by atoms with E-state index in [1.807, 2.05) is 0 Å². The Kier molecular flexibility index (Phi) is 7.15. The summed E-state index contributed by atoms with van der Waals surface area (Å²) in [6.07, 6.45) is 1.05. The van der Waals surface area contributed by atoms with E-state index >= 15 is 0 Å². The van der Waals surface area contributed by atoms with E-state index in [0.717, 1.165) is 19.4 Å². The second kappa shape index (κ2) is 9.11. The third-order valence-corrected chi connectivity index (χ3v) is 3.96. The second-order valence-electron chi connectivity index (χ2n) is 5.38. The van der Waals surface area contributed by atoms with Crippen LogP contribution in [0.3, 0.4) is 0 Å². The molecule has 2 rings (SSSR count). The van der Waals surface area contributed by atoms with Gasteiger partial charge in [0.25, 0.3) is 5.91 Å². The highest BCUT2D eigenvalue weighted by Crippen LogP contribution is 2.28. The molecule has 0 unspecified atom stereocenters. The SMILES string of the molecule is C[C@@H](Oc1ccc(Cl)cc1Cl)C(=O)OCC(=O)NC[C@@H]1CCCO1. The van der Waals surface area contributed by atoms with Gasteiger partial charge in [0.15, 0.2) is 12.7 Å². The van der Waals surface area contributed by atoms with Crippen molar-refractivity contribution in [1.29, 1.82) is 0 Å². The number of benzene rings is 1. The first-order valence-corrected chi connectivity index (χ1v) is 8.38. The number of amides is 1. The molecule has 1 aromatic carbocycles. The minimum atomic E-state index is -0.908. The molecule has 2 atom stereocenters. The van der Waals surface area contributed by atoms with Gasteiger partial charge in [-0.25, -0.2) is 4.79 Å². The molecule has 0 spiro atoms. The molecule has 6 nitrogen and oxygen atoms in total. The molecule has 1 N–H and O–H groups in total. The third-order valence-electron chi connectivity index (χ3n) is 3.43. The number of nitrogens with one attached hydrogen (secondary N) is 1. The molecule has 132 valence electrons. The normalized spacial score (nSPS) is 18.0. The Morgan fingerprint density at radius 1 is 1.42 bits per heavy atom. The van der Waals surface area contributed by atoms with Crippen LogP contribution in [0.15, 0.2) is 18.2 Å². The Hall–Kier alpha value is -1.50. The Morgan fingerprint density at radius 3 is 2.88 bits per heavy atom. The van der Waals surface area contributed by atoms with E-state index < -0.39 is 12.1 Å². The number of halogens is 2. The molecular weight excluding hydrogens is 357 g/mol. The minimum Gasteiger partial charge on any atom is -0.477 e. The Morgan fingerprint density at radius 2 is 2.21 bits per heavy atom. The van der Waals surface area contributed by atoms with Crippen LogP contribution in [0.5, 0.6) is 5.75 Å². The van der Waals surface area contributed by atoms with Crippen LogP contribution in [0.25, 0.3) is 0 Å². The summed E-state index contributed by atoms with van der Waals surface area (Å²) in [5.74, 6) is -0.725. The summed E-state index contributed by atoms with van der Waals surface area (Å²) in [6.45, 7) is 2.28. The predicted octanol–water partition coefficient (Wildman–Crippen LogP) is 2.60. The maximum absolute atomic E-state index is 11.9. The molecular formula is C16H19Cl2NO5. The molecule has 0 saturated carbocycles. The molecule has 1 aliphatic heterocycles. The van der Waals surface area contributed by atoms with Crippen LogP contribution < -0.4 is 10.1 Å². The molecule has 1 aliphatic rings. The molecule has 0 aromatic heterocycles. The van der Waals surface area contributed by atoms with Crippen LogP contribution in [-0.4, -0.2) is 43.8 Å². The molecule has 8 heteroatoms. The van der Waals surface area contributed by atoms with E-state index in [1.54, 1.807) is 12.1 Å². The highest BCUT2D eigenvalue weighted by molar-refractivity contribution is 6.35. The molecule has 1 saturated heterocycles. The van der Waals surface area contributed by atoms with Gasteiger partial charge in [-0.1, -0.05) is 23.2 Å². The number of hydrogen-bond acceptors (Lipinski definition) is 5. The van der Waals surface area contributed by atoms with Crippen molar-refractivity contribution in [3.05, 3.63) is 28.2 Å². The lowest BCUT2D eigenvalue weighted by molar-refractivity contribution is -0.154. The van der Waals surface area contributed by atoms with Crippen molar-refractivity contribution in [3.8, 4) is 5.75 Å². The van der Waals surface area contributed by atoms with E-state index in [4.69, 9.17) is 37.4 Å². The number of hydrogen-bond donors (Lipinski definition) is 1. The van der Waals surface area contributed by atoms with Gasteiger partial charge in [0.1, 0.15) is 5.75 Å².